The fraction of sp³-hybridized carbons (Fsp3) is 0.212. The molecule has 184 valence electrons. The summed E-state index contributed by atoms with van der Waals surface area (Å²) >= 11 is 0. The van der Waals surface area contributed by atoms with Crippen molar-refractivity contribution in [3.05, 3.63) is 138 Å². The van der Waals surface area contributed by atoms with Crippen molar-refractivity contribution < 1.29 is 14.2 Å². The van der Waals surface area contributed by atoms with Crippen LogP contribution in [-0.2, 0) is 19.6 Å². The molecule has 0 saturated heterocycles. The molecule has 5 rings (SSSR count). The topological polar surface area (TPSA) is 27.7 Å². The van der Waals surface area contributed by atoms with E-state index in [9.17, 15) is 0 Å². The molecule has 0 spiro atoms. The van der Waals surface area contributed by atoms with Gasteiger partial charge in [0.25, 0.3) is 0 Å². The maximum atomic E-state index is 6.31. The fourth-order valence-electron chi connectivity index (χ4n) is 3.95. The van der Waals surface area contributed by atoms with Crippen molar-refractivity contribution in [2.24, 2.45) is 0 Å². The standard InChI is InChI=1S/C29H26O3.C4H8/c1-3-7-22(8-4-1)20-30-26-14-11-24(12-15-26)28-17-13-25-19-27(16-18-29(25)32-28)31-21-23-9-5-2-6-10-23;1-4(2)3/h1-12,14-16,18-19,28H,13,17,20-21H2;1H2,2-3H3/t28-;/m1./s1. The molecular weight excluding hydrogens is 444 g/mol. The van der Waals surface area contributed by atoms with Gasteiger partial charge in [0.1, 0.15) is 36.6 Å². The van der Waals surface area contributed by atoms with E-state index in [1.54, 1.807) is 0 Å². The van der Waals surface area contributed by atoms with Gasteiger partial charge < -0.3 is 14.2 Å². The van der Waals surface area contributed by atoms with Crippen molar-refractivity contribution in [2.45, 2.75) is 46.0 Å². The fourth-order valence-corrected chi connectivity index (χ4v) is 3.95. The van der Waals surface area contributed by atoms with Crippen molar-refractivity contribution >= 4 is 0 Å². The van der Waals surface area contributed by atoms with Gasteiger partial charge in [-0.25, -0.2) is 0 Å². The van der Waals surface area contributed by atoms with Crippen molar-refractivity contribution in [3.8, 4) is 17.2 Å². The molecule has 36 heavy (non-hydrogen) atoms. The van der Waals surface area contributed by atoms with Crippen LogP contribution >= 0.6 is 0 Å². The lowest BCUT2D eigenvalue weighted by molar-refractivity contribution is 0.176. The van der Waals surface area contributed by atoms with Crippen LogP contribution in [0, 0.1) is 0 Å². The Bertz CT molecular complexity index is 1230. The minimum atomic E-state index is 0.0572. The average Bonchev–Trinajstić information content (AvgIpc) is 2.91. The van der Waals surface area contributed by atoms with Crippen LogP contribution in [0.1, 0.15) is 48.6 Å². The third kappa shape index (κ3) is 7.51. The van der Waals surface area contributed by atoms with Gasteiger partial charge in [0.2, 0.25) is 0 Å². The van der Waals surface area contributed by atoms with E-state index in [0.717, 1.165) is 41.2 Å². The molecule has 0 radical (unpaired) electrons. The van der Waals surface area contributed by atoms with E-state index in [-0.39, 0.29) is 6.10 Å². The molecule has 0 fully saturated rings. The number of hydrogen-bond donors (Lipinski definition) is 0. The van der Waals surface area contributed by atoms with Crippen LogP contribution in [0.3, 0.4) is 0 Å². The van der Waals surface area contributed by atoms with Crippen LogP contribution in [0.4, 0.5) is 0 Å². The van der Waals surface area contributed by atoms with Crippen LogP contribution in [0.15, 0.2) is 115 Å². The summed E-state index contributed by atoms with van der Waals surface area (Å²) in [6.45, 7) is 8.64. The first-order chi connectivity index (χ1) is 17.6. The van der Waals surface area contributed by atoms with Gasteiger partial charge in [0.15, 0.2) is 0 Å². The van der Waals surface area contributed by atoms with Gasteiger partial charge in [0, 0.05) is 0 Å². The predicted octanol–water partition coefficient (Wildman–Crippen LogP) is 8.49. The van der Waals surface area contributed by atoms with Gasteiger partial charge >= 0.3 is 0 Å². The molecule has 0 aliphatic carbocycles. The van der Waals surface area contributed by atoms with E-state index in [4.69, 9.17) is 14.2 Å². The Morgan fingerprint density at radius 3 is 1.86 bits per heavy atom. The Hall–Kier alpha value is -3.98. The van der Waals surface area contributed by atoms with Gasteiger partial charge in [-0.15, -0.1) is 6.58 Å². The van der Waals surface area contributed by atoms with E-state index >= 15 is 0 Å². The second kappa shape index (κ2) is 12.6. The first kappa shape index (κ1) is 25.1. The maximum Gasteiger partial charge on any atom is 0.124 e. The second-order valence-corrected chi connectivity index (χ2v) is 9.24. The number of hydrogen-bond acceptors (Lipinski definition) is 3. The summed E-state index contributed by atoms with van der Waals surface area (Å²) in [5.74, 6) is 2.70. The van der Waals surface area contributed by atoms with Gasteiger partial charge in [-0.1, -0.05) is 78.4 Å². The first-order valence-corrected chi connectivity index (χ1v) is 12.4. The van der Waals surface area contributed by atoms with Gasteiger partial charge in [0.05, 0.1) is 0 Å². The zero-order chi connectivity index (χ0) is 25.2. The van der Waals surface area contributed by atoms with E-state index in [1.165, 1.54) is 16.7 Å². The molecule has 0 N–H and O–H groups in total. The molecule has 1 atom stereocenters. The largest absolute Gasteiger partial charge is 0.489 e. The van der Waals surface area contributed by atoms with E-state index in [0.29, 0.717) is 13.2 Å². The highest BCUT2D eigenvalue weighted by molar-refractivity contribution is 5.43. The average molecular weight is 479 g/mol. The van der Waals surface area contributed by atoms with Crippen molar-refractivity contribution in [1.29, 1.82) is 0 Å². The van der Waals surface area contributed by atoms with Crippen LogP contribution in [0.2, 0.25) is 0 Å². The summed E-state index contributed by atoms with van der Waals surface area (Å²) < 4.78 is 18.2. The normalized spacial score (nSPS) is 13.9. The summed E-state index contributed by atoms with van der Waals surface area (Å²) in [6, 6.07) is 34.8. The summed E-state index contributed by atoms with van der Waals surface area (Å²) in [5.41, 5.74) is 5.87. The zero-order valence-corrected chi connectivity index (χ0v) is 21.2. The van der Waals surface area contributed by atoms with Crippen LogP contribution in [0.5, 0.6) is 17.2 Å². The highest BCUT2D eigenvalue weighted by atomic mass is 16.5. The first-order valence-electron chi connectivity index (χ1n) is 12.4. The smallest absolute Gasteiger partial charge is 0.124 e. The van der Waals surface area contributed by atoms with Crippen LogP contribution in [-0.4, -0.2) is 0 Å². The van der Waals surface area contributed by atoms with Crippen LogP contribution in [0.25, 0.3) is 0 Å². The number of ether oxygens (including phenoxy) is 3. The third-order valence-corrected chi connectivity index (χ3v) is 5.73. The molecule has 1 aliphatic rings. The molecule has 4 aromatic rings. The number of allylic oxidation sites excluding steroid dienone is 1. The molecule has 0 saturated carbocycles. The highest BCUT2D eigenvalue weighted by Crippen LogP contribution is 2.37. The molecule has 1 aliphatic heterocycles. The van der Waals surface area contributed by atoms with E-state index < -0.39 is 0 Å². The van der Waals surface area contributed by atoms with Crippen molar-refractivity contribution in [3.63, 3.8) is 0 Å². The van der Waals surface area contributed by atoms with Crippen molar-refractivity contribution in [2.75, 3.05) is 0 Å². The SMILES string of the molecule is C=C(C)C.c1ccc(COc2ccc([C@H]3CCc4cc(OCc5ccccc5)ccc4O3)cc2)cc1. The number of rotatable bonds is 7. The van der Waals surface area contributed by atoms with E-state index in [1.807, 2.05) is 74.5 Å². The lowest BCUT2D eigenvalue weighted by Gasteiger charge is -2.27. The minimum Gasteiger partial charge on any atom is -0.489 e. The van der Waals surface area contributed by atoms with Crippen LogP contribution < -0.4 is 14.2 Å². The molecule has 4 aromatic carbocycles. The lowest BCUT2D eigenvalue weighted by Crippen LogP contribution is -2.15. The van der Waals surface area contributed by atoms with Gasteiger partial charge in [-0.2, -0.15) is 0 Å². The Labute approximate surface area is 215 Å². The maximum absolute atomic E-state index is 6.31. The number of aryl methyl sites for hydroxylation is 1. The molecule has 3 nitrogen and oxygen atoms in total. The Kier molecular flexibility index (Phi) is 8.82. The molecule has 0 aromatic heterocycles. The molecule has 0 amide bonds. The predicted molar refractivity (Wildman–Crippen MR) is 147 cm³/mol. The molecule has 1 heterocycles. The molecule has 0 bridgehead atoms. The summed E-state index contributed by atoms with van der Waals surface area (Å²) in [6.07, 6.45) is 1.97. The lowest BCUT2D eigenvalue weighted by atomic mass is 9.97. The highest BCUT2D eigenvalue weighted by Gasteiger charge is 2.22. The minimum absolute atomic E-state index is 0.0572. The summed E-state index contributed by atoms with van der Waals surface area (Å²) in [7, 11) is 0. The Morgan fingerprint density at radius 1 is 0.750 bits per heavy atom. The van der Waals surface area contributed by atoms with Gasteiger partial charge in [-0.05, 0) is 79.3 Å². The van der Waals surface area contributed by atoms with E-state index in [2.05, 4.69) is 49.0 Å². The zero-order valence-electron chi connectivity index (χ0n) is 21.2. The molecule has 0 unspecified atom stereocenters. The summed E-state index contributed by atoms with van der Waals surface area (Å²) in [5, 5.41) is 0. The number of fused-ring (bicyclic) bond motifs is 1. The third-order valence-electron chi connectivity index (χ3n) is 5.73. The Morgan fingerprint density at radius 2 is 1.28 bits per heavy atom. The number of benzene rings is 4. The van der Waals surface area contributed by atoms with Gasteiger partial charge in [-0.3, -0.25) is 0 Å². The Balaban J connectivity index is 0.000000709. The molecule has 3 heteroatoms. The van der Waals surface area contributed by atoms with Crippen molar-refractivity contribution in [1.82, 2.24) is 0 Å². The molecular formula is C33H34O3. The monoisotopic (exact) mass is 478 g/mol. The quantitative estimate of drug-likeness (QED) is 0.249. The summed E-state index contributed by atoms with van der Waals surface area (Å²) in [4.78, 5) is 0. The second-order valence-electron chi connectivity index (χ2n) is 9.24.